The Bertz CT molecular complexity index is 663. The van der Waals surface area contributed by atoms with Crippen molar-refractivity contribution in [3.05, 3.63) is 41.8 Å². The van der Waals surface area contributed by atoms with E-state index in [2.05, 4.69) is 20.4 Å². The van der Waals surface area contributed by atoms with E-state index in [4.69, 9.17) is 4.52 Å². The lowest BCUT2D eigenvalue weighted by molar-refractivity contribution is 0.148. The van der Waals surface area contributed by atoms with E-state index < -0.39 is 0 Å². The van der Waals surface area contributed by atoms with Gasteiger partial charge in [0, 0.05) is 12.7 Å². The highest BCUT2D eigenvalue weighted by atomic mass is 32.2. The summed E-state index contributed by atoms with van der Waals surface area (Å²) in [6, 6.07) is 5.73. The summed E-state index contributed by atoms with van der Waals surface area (Å²) in [5, 5.41) is 6.76. The average molecular weight is 347 g/mol. The molecule has 0 saturated carbocycles. The van der Waals surface area contributed by atoms with Crippen LogP contribution in [0.25, 0.3) is 0 Å². The molecule has 0 spiro atoms. The fourth-order valence-electron chi connectivity index (χ4n) is 2.86. The number of carbonyl (C=O) groups is 1. The molecule has 0 bridgehead atoms. The van der Waals surface area contributed by atoms with Crippen LogP contribution >= 0.6 is 11.8 Å². The summed E-state index contributed by atoms with van der Waals surface area (Å²) in [7, 11) is 0. The zero-order valence-electron chi connectivity index (χ0n) is 13.6. The number of hydrogen-bond acceptors (Lipinski definition) is 6. The highest BCUT2D eigenvalue weighted by molar-refractivity contribution is 7.97. The van der Waals surface area contributed by atoms with Crippen LogP contribution in [0.5, 0.6) is 0 Å². The Kier molecular flexibility index (Phi) is 5.68. The van der Waals surface area contributed by atoms with Crippen LogP contribution in [-0.2, 0) is 12.3 Å². The van der Waals surface area contributed by atoms with Gasteiger partial charge in [0.05, 0.1) is 24.0 Å². The molecule has 1 N–H and O–H groups in total. The van der Waals surface area contributed by atoms with Gasteiger partial charge in [-0.3, -0.25) is 4.98 Å². The first-order valence-corrected chi connectivity index (χ1v) is 9.43. The van der Waals surface area contributed by atoms with E-state index in [0.717, 1.165) is 31.5 Å². The Labute approximate surface area is 145 Å². The first kappa shape index (κ1) is 16.8. The number of amides is 2. The van der Waals surface area contributed by atoms with Gasteiger partial charge in [-0.05, 0) is 37.7 Å². The summed E-state index contributed by atoms with van der Waals surface area (Å²) in [5.74, 6) is 1.78. The lowest BCUT2D eigenvalue weighted by Crippen LogP contribution is -2.44. The van der Waals surface area contributed by atoms with Crippen molar-refractivity contribution in [3.8, 4) is 0 Å². The van der Waals surface area contributed by atoms with Gasteiger partial charge in [0.1, 0.15) is 0 Å². The van der Waals surface area contributed by atoms with Gasteiger partial charge in [-0.1, -0.05) is 11.2 Å². The predicted octanol–water partition coefficient (Wildman–Crippen LogP) is 2.76. The number of pyridine rings is 1. The van der Waals surface area contributed by atoms with Gasteiger partial charge < -0.3 is 14.7 Å². The molecular weight excluding hydrogens is 326 g/mol. The van der Waals surface area contributed by atoms with E-state index in [1.807, 2.05) is 29.4 Å². The molecule has 1 saturated heterocycles. The van der Waals surface area contributed by atoms with Gasteiger partial charge in [0.15, 0.2) is 5.82 Å². The summed E-state index contributed by atoms with van der Waals surface area (Å²) < 4.78 is 5.15. The molecule has 0 unspecified atom stereocenters. The highest BCUT2D eigenvalue weighted by Crippen LogP contribution is 2.29. The molecule has 2 aromatic heterocycles. The second kappa shape index (κ2) is 8.14. The molecule has 7 nitrogen and oxygen atoms in total. The Balaban J connectivity index is 1.61. The highest BCUT2D eigenvalue weighted by Gasteiger charge is 2.28. The van der Waals surface area contributed by atoms with Crippen LogP contribution in [0.2, 0.25) is 0 Å². The van der Waals surface area contributed by atoms with E-state index in [1.165, 1.54) is 0 Å². The van der Waals surface area contributed by atoms with Crippen molar-refractivity contribution < 1.29 is 9.32 Å². The van der Waals surface area contributed by atoms with Crippen molar-refractivity contribution in [3.63, 3.8) is 0 Å². The monoisotopic (exact) mass is 347 g/mol. The molecule has 2 amide bonds. The molecule has 1 aliphatic heterocycles. The molecule has 128 valence electrons. The standard InChI is InChI=1S/C16H21N5O2S/c1-24-11-14-19-15(23-20-14)10-18-16(22)21-9-5-3-7-13(21)12-6-2-4-8-17-12/h2,4,6,8,13H,3,5,7,9-11H2,1H3,(H,18,22)/t13-/m1/s1. The topological polar surface area (TPSA) is 84.2 Å². The average Bonchev–Trinajstić information content (AvgIpc) is 3.08. The summed E-state index contributed by atoms with van der Waals surface area (Å²) in [4.78, 5) is 23.1. The quantitative estimate of drug-likeness (QED) is 0.895. The fraction of sp³-hybridized carbons (Fsp3) is 0.500. The third-order valence-corrected chi connectivity index (χ3v) is 4.51. The molecule has 0 aromatic carbocycles. The van der Waals surface area contributed by atoms with Gasteiger partial charge in [-0.15, -0.1) is 0 Å². The number of aromatic nitrogens is 3. The van der Waals surface area contributed by atoms with Crippen LogP contribution in [0.3, 0.4) is 0 Å². The zero-order chi connectivity index (χ0) is 16.8. The van der Waals surface area contributed by atoms with Crippen molar-refractivity contribution in [2.75, 3.05) is 12.8 Å². The molecule has 2 aromatic rings. The summed E-state index contributed by atoms with van der Waals surface area (Å²) in [6.45, 7) is 0.973. The fourth-order valence-corrected chi connectivity index (χ4v) is 3.23. The molecule has 3 rings (SSSR count). The van der Waals surface area contributed by atoms with Crippen LogP contribution in [0.15, 0.2) is 28.9 Å². The first-order chi connectivity index (χ1) is 11.8. The number of piperidine rings is 1. The minimum Gasteiger partial charge on any atom is -0.337 e. The third-order valence-electron chi connectivity index (χ3n) is 3.97. The Hall–Kier alpha value is -2.09. The van der Waals surface area contributed by atoms with Crippen LogP contribution < -0.4 is 5.32 Å². The zero-order valence-corrected chi connectivity index (χ0v) is 14.5. The largest absolute Gasteiger partial charge is 0.337 e. The molecule has 1 atom stereocenters. The number of urea groups is 1. The molecule has 1 fully saturated rings. The maximum atomic E-state index is 12.6. The van der Waals surface area contributed by atoms with E-state index in [9.17, 15) is 4.79 Å². The number of rotatable bonds is 5. The van der Waals surface area contributed by atoms with E-state index in [-0.39, 0.29) is 18.6 Å². The first-order valence-electron chi connectivity index (χ1n) is 8.03. The molecule has 8 heteroatoms. The van der Waals surface area contributed by atoms with Crippen molar-refractivity contribution in [2.45, 2.75) is 37.6 Å². The van der Waals surface area contributed by atoms with Gasteiger partial charge in [0.25, 0.3) is 0 Å². The molecule has 3 heterocycles. The smallest absolute Gasteiger partial charge is 0.318 e. The SMILES string of the molecule is CSCc1noc(CNC(=O)N2CCCC[C@@H]2c2ccccn2)n1. The number of likely N-dealkylation sites (tertiary alicyclic amines) is 1. The second-order valence-electron chi connectivity index (χ2n) is 5.66. The van der Waals surface area contributed by atoms with Gasteiger partial charge in [-0.2, -0.15) is 16.7 Å². The molecule has 0 radical (unpaired) electrons. The van der Waals surface area contributed by atoms with Crippen molar-refractivity contribution in [2.24, 2.45) is 0 Å². The number of nitrogens with zero attached hydrogens (tertiary/aromatic N) is 4. The minimum absolute atomic E-state index is 0.0229. The van der Waals surface area contributed by atoms with Crippen LogP contribution in [0, 0.1) is 0 Å². The summed E-state index contributed by atoms with van der Waals surface area (Å²) in [5.41, 5.74) is 0.937. The van der Waals surface area contributed by atoms with Crippen LogP contribution in [0.4, 0.5) is 4.79 Å². The van der Waals surface area contributed by atoms with E-state index in [1.54, 1.807) is 18.0 Å². The maximum Gasteiger partial charge on any atom is 0.318 e. The van der Waals surface area contributed by atoms with Gasteiger partial charge >= 0.3 is 6.03 Å². The number of thioether (sulfide) groups is 1. The van der Waals surface area contributed by atoms with Crippen LogP contribution in [-0.4, -0.2) is 38.9 Å². The minimum atomic E-state index is -0.116. The lowest BCUT2D eigenvalue weighted by Gasteiger charge is -2.35. The Morgan fingerprint density at radius 2 is 2.38 bits per heavy atom. The molecule has 0 aliphatic carbocycles. The number of carbonyl (C=O) groups excluding carboxylic acids is 1. The van der Waals surface area contributed by atoms with E-state index in [0.29, 0.717) is 17.5 Å². The van der Waals surface area contributed by atoms with Crippen molar-refractivity contribution in [1.82, 2.24) is 25.3 Å². The van der Waals surface area contributed by atoms with E-state index >= 15 is 0 Å². The van der Waals surface area contributed by atoms with Gasteiger partial charge in [0.2, 0.25) is 5.89 Å². The lowest BCUT2D eigenvalue weighted by atomic mass is 9.99. The Morgan fingerprint density at radius 1 is 1.46 bits per heavy atom. The van der Waals surface area contributed by atoms with Crippen molar-refractivity contribution in [1.29, 1.82) is 0 Å². The molecule has 1 aliphatic rings. The van der Waals surface area contributed by atoms with Crippen LogP contribution in [0.1, 0.15) is 42.7 Å². The predicted molar refractivity (Wildman–Crippen MR) is 91.3 cm³/mol. The third kappa shape index (κ3) is 4.05. The summed E-state index contributed by atoms with van der Waals surface area (Å²) >= 11 is 1.63. The number of nitrogens with one attached hydrogen (secondary N) is 1. The number of hydrogen-bond donors (Lipinski definition) is 1. The molecule has 24 heavy (non-hydrogen) atoms. The normalized spacial score (nSPS) is 17.7. The van der Waals surface area contributed by atoms with Gasteiger partial charge in [-0.25, -0.2) is 4.79 Å². The second-order valence-corrected chi connectivity index (χ2v) is 6.52. The summed E-state index contributed by atoms with van der Waals surface area (Å²) in [6.07, 6.45) is 6.79. The maximum absolute atomic E-state index is 12.6. The Morgan fingerprint density at radius 3 is 3.17 bits per heavy atom. The van der Waals surface area contributed by atoms with Crippen molar-refractivity contribution >= 4 is 17.8 Å². The molecular formula is C16H21N5O2S.